The van der Waals surface area contributed by atoms with Crippen molar-refractivity contribution in [1.29, 1.82) is 0 Å². The molecular weight excluding hydrogens is 314 g/mol. The molecule has 0 amide bonds. The summed E-state index contributed by atoms with van der Waals surface area (Å²) in [4.78, 5) is 12.8. The number of hydrogen-bond acceptors (Lipinski definition) is 3. The Morgan fingerprint density at radius 3 is 2.50 bits per heavy atom. The second kappa shape index (κ2) is 5.76. The third-order valence-corrected chi connectivity index (χ3v) is 3.75. The monoisotopic (exact) mass is 325 g/mol. The molecule has 2 aromatic heterocycles. The molecule has 0 fully saturated rings. The van der Waals surface area contributed by atoms with Crippen LogP contribution in [0.3, 0.4) is 0 Å². The predicted molar refractivity (Wildman–Crippen MR) is 76.5 cm³/mol. The summed E-state index contributed by atoms with van der Waals surface area (Å²) in [5.41, 5.74) is 1.86. The molecule has 2 rings (SSSR count). The predicted octanol–water partition coefficient (Wildman–Crippen LogP) is 4.15. The maximum Gasteiger partial charge on any atom is 0.161 e. The van der Waals surface area contributed by atoms with E-state index in [0.29, 0.717) is 16.9 Å². The normalized spacial score (nSPS) is 10.9. The minimum absolute atomic E-state index is 0.451. The van der Waals surface area contributed by atoms with E-state index in [9.17, 15) is 0 Å². The van der Waals surface area contributed by atoms with Crippen LogP contribution in [0, 0.1) is 5.92 Å². The van der Waals surface area contributed by atoms with Crippen LogP contribution in [-0.4, -0.2) is 15.0 Å². The van der Waals surface area contributed by atoms with E-state index < -0.39 is 0 Å². The van der Waals surface area contributed by atoms with Crippen molar-refractivity contribution in [3.05, 3.63) is 39.8 Å². The summed E-state index contributed by atoms with van der Waals surface area (Å²) in [6.45, 7) is 4.29. The first kappa shape index (κ1) is 13.4. The molecule has 0 saturated heterocycles. The standard InChI is InChI=1S/C13H13BrClN3/c1-8(2)7-10-11(14)12(15)18-13(17-10)9-3-5-16-6-4-9/h3-6,8H,7H2,1-2H3. The number of rotatable bonds is 3. The van der Waals surface area contributed by atoms with Crippen molar-refractivity contribution in [2.45, 2.75) is 20.3 Å². The Hall–Kier alpha value is -1.00. The number of halogens is 2. The average Bonchev–Trinajstić information content (AvgIpc) is 2.35. The van der Waals surface area contributed by atoms with Gasteiger partial charge in [-0.2, -0.15) is 0 Å². The van der Waals surface area contributed by atoms with Gasteiger partial charge in [0.2, 0.25) is 0 Å². The highest BCUT2D eigenvalue weighted by Gasteiger charge is 2.13. The summed E-state index contributed by atoms with van der Waals surface area (Å²) in [6.07, 6.45) is 4.30. The molecule has 94 valence electrons. The van der Waals surface area contributed by atoms with Gasteiger partial charge in [-0.25, -0.2) is 9.97 Å². The Bertz CT molecular complexity index is 543. The van der Waals surface area contributed by atoms with Crippen molar-refractivity contribution in [2.24, 2.45) is 5.92 Å². The molecule has 0 radical (unpaired) electrons. The van der Waals surface area contributed by atoms with Gasteiger partial charge >= 0.3 is 0 Å². The fourth-order valence-corrected chi connectivity index (χ4v) is 2.14. The minimum Gasteiger partial charge on any atom is -0.265 e. The van der Waals surface area contributed by atoms with Crippen LogP contribution < -0.4 is 0 Å². The highest BCUT2D eigenvalue weighted by molar-refractivity contribution is 9.10. The minimum atomic E-state index is 0.451. The van der Waals surface area contributed by atoms with E-state index in [1.54, 1.807) is 12.4 Å². The van der Waals surface area contributed by atoms with Crippen LogP contribution in [0.4, 0.5) is 0 Å². The fraction of sp³-hybridized carbons (Fsp3) is 0.308. The van der Waals surface area contributed by atoms with Crippen molar-refractivity contribution in [2.75, 3.05) is 0 Å². The largest absolute Gasteiger partial charge is 0.265 e. The van der Waals surface area contributed by atoms with Crippen molar-refractivity contribution in [1.82, 2.24) is 15.0 Å². The molecule has 3 nitrogen and oxygen atoms in total. The Labute approximate surface area is 120 Å². The first-order chi connectivity index (χ1) is 8.58. The highest BCUT2D eigenvalue weighted by Crippen LogP contribution is 2.28. The Kier molecular flexibility index (Phi) is 4.30. The van der Waals surface area contributed by atoms with Crippen LogP contribution in [0.5, 0.6) is 0 Å². The maximum atomic E-state index is 6.14. The maximum absolute atomic E-state index is 6.14. The van der Waals surface area contributed by atoms with E-state index in [-0.39, 0.29) is 0 Å². The third kappa shape index (κ3) is 3.06. The summed E-state index contributed by atoms with van der Waals surface area (Å²) in [6, 6.07) is 3.75. The Morgan fingerprint density at radius 2 is 1.89 bits per heavy atom. The van der Waals surface area contributed by atoms with Crippen LogP contribution in [-0.2, 0) is 6.42 Å². The van der Waals surface area contributed by atoms with Gasteiger partial charge in [0.25, 0.3) is 0 Å². The van der Waals surface area contributed by atoms with Crippen molar-refractivity contribution < 1.29 is 0 Å². The molecule has 0 aliphatic heterocycles. The zero-order valence-corrected chi connectivity index (χ0v) is 12.5. The van der Waals surface area contributed by atoms with Gasteiger partial charge in [-0.05, 0) is 40.4 Å². The molecule has 0 N–H and O–H groups in total. The van der Waals surface area contributed by atoms with Gasteiger partial charge < -0.3 is 0 Å². The number of pyridine rings is 1. The van der Waals surface area contributed by atoms with E-state index in [2.05, 4.69) is 44.7 Å². The van der Waals surface area contributed by atoms with Crippen LogP contribution in [0.15, 0.2) is 29.0 Å². The SMILES string of the molecule is CC(C)Cc1nc(-c2ccncc2)nc(Cl)c1Br. The van der Waals surface area contributed by atoms with E-state index >= 15 is 0 Å². The summed E-state index contributed by atoms with van der Waals surface area (Å²) < 4.78 is 0.788. The quantitative estimate of drug-likeness (QED) is 0.795. The van der Waals surface area contributed by atoms with E-state index in [1.165, 1.54) is 0 Å². The Balaban J connectivity index is 2.47. The number of nitrogens with zero attached hydrogens (tertiary/aromatic N) is 3. The lowest BCUT2D eigenvalue weighted by Gasteiger charge is -2.10. The molecule has 0 aliphatic carbocycles. The first-order valence-corrected chi connectivity index (χ1v) is 6.87. The third-order valence-electron chi connectivity index (χ3n) is 2.42. The van der Waals surface area contributed by atoms with Crippen molar-refractivity contribution in [3.8, 4) is 11.4 Å². The smallest absolute Gasteiger partial charge is 0.161 e. The first-order valence-electron chi connectivity index (χ1n) is 5.70. The second-order valence-corrected chi connectivity index (χ2v) is 5.58. The molecule has 2 heterocycles. The summed E-state index contributed by atoms with van der Waals surface area (Å²) in [5, 5.41) is 0.451. The lowest BCUT2D eigenvalue weighted by atomic mass is 10.1. The van der Waals surface area contributed by atoms with Crippen LogP contribution in [0.1, 0.15) is 19.5 Å². The molecule has 0 atom stereocenters. The van der Waals surface area contributed by atoms with Gasteiger partial charge in [0.05, 0.1) is 10.2 Å². The molecule has 0 saturated carbocycles. The van der Waals surface area contributed by atoms with Gasteiger partial charge in [0.15, 0.2) is 5.82 Å². The van der Waals surface area contributed by atoms with E-state index in [1.807, 2.05) is 12.1 Å². The lowest BCUT2D eigenvalue weighted by Crippen LogP contribution is -2.02. The Morgan fingerprint density at radius 1 is 1.22 bits per heavy atom. The van der Waals surface area contributed by atoms with Gasteiger partial charge in [-0.3, -0.25) is 4.98 Å². The van der Waals surface area contributed by atoms with Gasteiger partial charge in [0.1, 0.15) is 5.15 Å². The molecular formula is C13H13BrClN3. The number of aromatic nitrogens is 3. The molecule has 5 heteroatoms. The molecule has 0 unspecified atom stereocenters. The molecule has 18 heavy (non-hydrogen) atoms. The zero-order chi connectivity index (χ0) is 13.1. The summed E-state index contributed by atoms with van der Waals surface area (Å²) in [7, 11) is 0. The molecule has 0 aromatic carbocycles. The van der Waals surface area contributed by atoms with Crippen LogP contribution in [0.2, 0.25) is 5.15 Å². The van der Waals surface area contributed by atoms with Gasteiger partial charge in [0, 0.05) is 18.0 Å². The van der Waals surface area contributed by atoms with Crippen molar-refractivity contribution >= 4 is 27.5 Å². The second-order valence-electron chi connectivity index (χ2n) is 4.43. The van der Waals surface area contributed by atoms with Gasteiger partial charge in [-0.1, -0.05) is 25.4 Å². The van der Waals surface area contributed by atoms with Crippen LogP contribution in [0.25, 0.3) is 11.4 Å². The molecule has 0 spiro atoms. The van der Waals surface area contributed by atoms with E-state index in [4.69, 9.17) is 11.6 Å². The topological polar surface area (TPSA) is 38.7 Å². The van der Waals surface area contributed by atoms with Gasteiger partial charge in [-0.15, -0.1) is 0 Å². The van der Waals surface area contributed by atoms with Crippen molar-refractivity contribution in [3.63, 3.8) is 0 Å². The fourth-order valence-electron chi connectivity index (χ4n) is 1.62. The molecule has 2 aromatic rings. The zero-order valence-electron chi connectivity index (χ0n) is 10.2. The van der Waals surface area contributed by atoms with Crippen LogP contribution >= 0.6 is 27.5 Å². The summed E-state index contributed by atoms with van der Waals surface area (Å²) >= 11 is 9.58. The highest BCUT2D eigenvalue weighted by atomic mass is 79.9. The molecule has 0 bridgehead atoms. The molecule has 0 aliphatic rings. The number of hydrogen-bond donors (Lipinski definition) is 0. The lowest BCUT2D eigenvalue weighted by molar-refractivity contribution is 0.632. The van der Waals surface area contributed by atoms with E-state index in [0.717, 1.165) is 22.2 Å². The average molecular weight is 327 g/mol. The summed E-state index contributed by atoms with van der Waals surface area (Å²) in [5.74, 6) is 1.15.